The average Bonchev–Trinajstić information content (AvgIpc) is 2.94. The van der Waals surface area contributed by atoms with Gasteiger partial charge in [-0.1, -0.05) is 6.92 Å². The number of benzene rings is 1. The van der Waals surface area contributed by atoms with Crippen LogP contribution in [0.15, 0.2) is 18.2 Å². The molecule has 1 heterocycles. The van der Waals surface area contributed by atoms with Crippen molar-refractivity contribution in [3.63, 3.8) is 0 Å². The minimum Gasteiger partial charge on any atom is -0.385 e. The van der Waals surface area contributed by atoms with Gasteiger partial charge in [-0.15, -0.1) is 0 Å². The number of hydrogen-bond donors (Lipinski definition) is 2. The zero-order valence-electron chi connectivity index (χ0n) is 13.2. The predicted molar refractivity (Wildman–Crippen MR) is 85.8 cm³/mol. The summed E-state index contributed by atoms with van der Waals surface area (Å²) < 4.78 is 5.65. The van der Waals surface area contributed by atoms with E-state index in [1.807, 2.05) is 25.1 Å². The summed E-state index contributed by atoms with van der Waals surface area (Å²) in [6.07, 6.45) is 2.34. The molecular formula is C17H26N2O2. The highest BCUT2D eigenvalue weighted by atomic mass is 16.5. The van der Waals surface area contributed by atoms with E-state index in [2.05, 4.69) is 24.5 Å². The first-order valence-electron chi connectivity index (χ1n) is 7.90. The van der Waals surface area contributed by atoms with Gasteiger partial charge in [0.05, 0.1) is 6.10 Å². The van der Waals surface area contributed by atoms with Gasteiger partial charge in [-0.05, 0) is 50.5 Å². The molecule has 4 heteroatoms. The Hall–Kier alpha value is -1.55. The van der Waals surface area contributed by atoms with Gasteiger partial charge in [0.15, 0.2) is 0 Å². The zero-order valence-corrected chi connectivity index (χ0v) is 13.2. The van der Waals surface area contributed by atoms with Gasteiger partial charge >= 0.3 is 0 Å². The molecule has 1 amide bonds. The summed E-state index contributed by atoms with van der Waals surface area (Å²) >= 11 is 0. The number of nitrogens with one attached hydrogen (secondary N) is 2. The van der Waals surface area contributed by atoms with Crippen LogP contribution in [0.4, 0.5) is 5.69 Å². The SMILES string of the molecule is CCNc1ccc(C(=O)NCC2CCOC2CC)cc1C. The van der Waals surface area contributed by atoms with Crippen LogP contribution in [0, 0.1) is 12.8 Å². The van der Waals surface area contributed by atoms with Crippen LogP contribution in [0.1, 0.15) is 42.6 Å². The Kier molecular flexibility index (Phi) is 5.62. The monoisotopic (exact) mass is 290 g/mol. The summed E-state index contributed by atoms with van der Waals surface area (Å²) in [5, 5.41) is 6.33. The average molecular weight is 290 g/mol. The molecule has 1 aromatic carbocycles. The lowest BCUT2D eigenvalue weighted by molar-refractivity contribution is 0.0827. The summed E-state index contributed by atoms with van der Waals surface area (Å²) in [7, 11) is 0. The van der Waals surface area contributed by atoms with E-state index in [1.54, 1.807) is 0 Å². The molecule has 0 saturated carbocycles. The number of rotatable bonds is 6. The van der Waals surface area contributed by atoms with E-state index in [-0.39, 0.29) is 5.91 Å². The maximum atomic E-state index is 12.2. The number of amides is 1. The summed E-state index contributed by atoms with van der Waals surface area (Å²) in [5.74, 6) is 0.448. The maximum absolute atomic E-state index is 12.2. The first-order valence-corrected chi connectivity index (χ1v) is 7.90. The third-order valence-electron chi connectivity index (χ3n) is 4.13. The third kappa shape index (κ3) is 3.97. The molecular weight excluding hydrogens is 264 g/mol. The summed E-state index contributed by atoms with van der Waals surface area (Å²) in [6.45, 7) is 8.61. The largest absolute Gasteiger partial charge is 0.385 e. The quantitative estimate of drug-likeness (QED) is 0.847. The molecule has 2 atom stereocenters. The van der Waals surface area contributed by atoms with Crippen LogP contribution in [0.3, 0.4) is 0 Å². The van der Waals surface area contributed by atoms with Crippen molar-refractivity contribution < 1.29 is 9.53 Å². The Morgan fingerprint density at radius 3 is 2.86 bits per heavy atom. The van der Waals surface area contributed by atoms with Crippen LogP contribution < -0.4 is 10.6 Å². The van der Waals surface area contributed by atoms with E-state index in [9.17, 15) is 4.79 Å². The van der Waals surface area contributed by atoms with Gasteiger partial charge in [-0.2, -0.15) is 0 Å². The molecule has 4 nitrogen and oxygen atoms in total. The van der Waals surface area contributed by atoms with Crippen LogP contribution in [-0.2, 0) is 4.74 Å². The Morgan fingerprint density at radius 2 is 2.19 bits per heavy atom. The molecule has 2 rings (SSSR count). The van der Waals surface area contributed by atoms with Crippen LogP contribution >= 0.6 is 0 Å². The molecule has 0 aliphatic carbocycles. The van der Waals surface area contributed by atoms with Crippen LogP contribution in [0.2, 0.25) is 0 Å². The molecule has 116 valence electrons. The van der Waals surface area contributed by atoms with Crippen molar-refractivity contribution in [1.82, 2.24) is 5.32 Å². The van der Waals surface area contributed by atoms with Crippen molar-refractivity contribution in [2.24, 2.45) is 5.92 Å². The van der Waals surface area contributed by atoms with Crippen molar-refractivity contribution in [3.05, 3.63) is 29.3 Å². The first kappa shape index (κ1) is 15.8. The molecule has 1 fully saturated rings. The highest BCUT2D eigenvalue weighted by molar-refractivity contribution is 5.94. The molecule has 21 heavy (non-hydrogen) atoms. The van der Waals surface area contributed by atoms with Gasteiger partial charge in [-0.3, -0.25) is 4.79 Å². The van der Waals surface area contributed by atoms with E-state index in [0.29, 0.717) is 18.6 Å². The Balaban J connectivity index is 1.92. The zero-order chi connectivity index (χ0) is 15.2. The van der Waals surface area contributed by atoms with Crippen molar-refractivity contribution in [3.8, 4) is 0 Å². The smallest absolute Gasteiger partial charge is 0.251 e. The highest BCUT2D eigenvalue weighted by Gasteiger charge is 2.26. The number of anilines is 1. The molecule has 1 aliphatic rings. The number of ether oxygens (including phenoxy) is 1. The Labute approximate surface area is 127 Å². The van der Waals surface area contributed by atoms with Crippen molar-refractivity contribution in [2.45, 2.75) is 39.7 Å². The topological polar surface area (TPSA) is 50.4 Å². The van der Waals surface area contributed by atoms with Crippen molar-refractivity contribution in [1.29, 1.82) is 0 Å². The van der Waals surface area contributed by atoms with Gasteiger partial charge in [0.1, 0.15) is 0 Å². The maximum Gasteiger partial charge on any atom is 0.251 e. The fourth-order valence-electron chi connectivity index (χ4n) is 2.90. The fourth-order valence-corrected chi connectivity index (χ4v) is 2.90. The Morgan fingerprint density at radius 1 is 1.38 bits per heavy atom. The number of hydrogen-bond acceptors (Lipinski definition) is 3. The van der Waals surface area contributed by atoms with E-state index in [0.717, 1.165) is 42.8 Å². The second-order valence-corrected chi connectivity index (χ2v) is 5.64. The minimum atomic E-state index is 0.00269. The second kappa shape index (κ2) is 7.46. The summed E-state index contributed by atoms with van der Waals surface area (Å²) in [6, 6.07) is 5.79. The molecule has 2 unspecified atom stereocenters. The highest BCUT2D eigenvalue weighted by Crippen LogP contribution is 2.22. The second-order valence-electron chi connectivity index (χ2n) is 5.64. The van der Waals surface area contributed by atoms with Crippen LogP contribution in [0.5, 0.6) is 0 Å². The number of carbonyl (C=O) groups excluding carboxylic acids is 1. The van der Waals surface area contributed by atoms with Crippen molar-refractivity contribution in [2.75, 3.05) is 25.0 Å². The normalized spacial score (nSPS) is 21.3. The molecule has 2 N–H and O–H groups in total. The molecule has 1 aromatic rings. The van der Waals surface area contributed by atoms with Crippen LogP contribution in [0.25, 0.3) is 0 Å². The molecule has 0 spiro atoms. The fraction of sp³-hybridized carbons (Fsp3) is 0.588. The lowest BCUT2D eigenvalue weighted by Gasteiger charge is -2.17. The molecule has 1 aliphatic heterocycles. The number of aryl methyl sites for hydroxylation is 1. The van der Waals surface area contributed by atoms with Crippen molar-refractivity contribution >= 4 is 11.6 Å². The summed E-state index contributed by atoms with van der Waals surface area (Å²) in [4.78, 5) is 12.2. The van der Waals surface area contributed by atoms with Crippen LogP contribution in [-0.4, -0.2) is 31.7 Å². The van der Waals surface area contributed by atoms with Gasteiger partial charge in [0.2, 0.25) is 0 Å². The lowest BCUT2D eigenvalue weighted by atomic mass is 9.99. The predicted octanol–water partition coefficient (Wildman–Crippen LogP) is 2.97. The molecule has 0 radical (unpaired) electrons. The number of carbonyl (C=O) groups is 1. The molecule has 0 bridgehead atoms. The molecule has 1 saturated heterocycles. The van der Waals surface area contributed by atoms with E-state index in [4.69, 9.17) is 4.74 Å². The van der Waals surface area contributed by atoms with E-state index >= 15 is 0 Å². The van der Waals surface area contributed by atoms with E-state index in [1.165, 1.54) is 0 Å². The summed E-state index contributed by atoms with van der Waals surface area (Å²) in [5.41, 5.74) is 2.91. The van der Waals surface area contributed by atoms with Gasteiger partial charge < -0.3 is 15.4 Å². The lowest BCUT2D eigenvalue weighted by Crippen LogP contribution is -2.32. The van der Waals surface area contributed by atoms with Gasteiger partial charge in [-0.25, -0.2) is 0 Å². The third-order valence-corrected chi connectivity index (χ3v) is 4.13. The minimum absolute atomic E-state index is 0.00269. The van der Waals surface area contributed by atoms with E-state index < -0.39 is 0 Å². The van der Waals surface area contributed by atoms with Gasteiger partial charge in [0, 0.05) is 36.9 Å². The first-order chi connectivity index (χ1) is 10.2. The Bertz CT molecular complexity index is 488. The molecule has 0 aromatic heterocycles. The van der Waals surface area contributed by atoms with Gasteiger partial charge in [0.25, 0.3) is 5.91 Å². The standard InChI is InChI=1S/C17H26N2O2/c1-4-16-14(8-9-21-16)11-19-17(20)13-6-7-15(18-5-2)12(3)10-13/h6-7,10,14,16,18H,4-5,8-9,11H2,1-3H3,(H,19,20).